The predicted molar refractivity (Wildman–Crippen MR) is 111 cm³/mol. The summed E-state index contributed by atoms with van der Waals surface area (Å²) >= 11 is 0. The number of benzene rings is 4. The van der Waals surface area contributed by atoms with Crippen LogP contribution in [0.4, 0.5) is 0 Å². The summed E-state index contributed by atoms with van der Waals surface area (Å²) < 4.78 is 2.13. The van der Waals surface area contributed by atoms with E-state index in [9.17, 15) is 0 Å². The number of pyridine rings is 1. The van der Waals surface area contributed by atoms with Crippen molar-refractivity contribution < 1.29 is 0 Å². The van der Waals surface area contributed by atoms with Crippen molar-refractivity contribution in [1.82, 2.24) is 9.55 Å². The minimum atomic E-state index is 1.08. The molecule has 0 aliphatic heterocycles. The zero-order valence-electron chi connectivity index (χ0n) is 14.4. The highest BCUT2D eigenvalue weighted by Gasteiger charge is 2.13. The summed E-state index contributed by atoms with van der Waals surface area (Å²) in [5.74, 6) is 0. The maximum absolute atomic E-state index is 4.73. The van der Waals surface area contributed by atoms with E-state index in [1.54, 1.807) is 0 Å². The van der Waals surface area contributed by atoms with Crippen LogP contribution in [0.3, 0.4) is 0 Å². The first kappa shape index (κ1) is 13.9. The number of hydrogen-bond donors (Lipinski definition) is 0. The van der Waals surface area contributed by atoms with Crippen molar-refractivity contribution in [3.63, 3.8) is 0 Å². The number of aromatic nitrogens is 2. The third kappa shape index (κ3) is 1.73. The fraction of sp³-hybridized carbons (Fsp3) is 0.0417. The first-order valence-electron chi connectivity index (χ1n) is 8.87. The molecule has 26 heavy (non-hydrogen) atoms. The van der Waals surface area contributed by atoms with Crippen LogP contribution >= 0.6 is 0 Å². The van der Waals surface area contributed by atoms with Crippen LogP contribution in [0.1, 0.15) is 0 Å². The fourth-order valence-electron chi connectivity index (χ4n) is 4.34. The Morgan fingerprint density at radius 1 is 0.654 bits per heavy atom. The molecule has 6 aromatic rings. The molecule has 122 valence electrons. The van der Waals surface area contributed by atoms with Gasteiger partial charge in [-0.2, -0.15) is 0 Å². The highest BCUT2D eigenvalue weighted by molar-refractivity contribution is 6.31. The second-order valence-electron chi connectivity index (χ2n) is 7.06. The van der Waals surface area contributed by atoms with E-state index < -0.39 is 0 Å². The maximum Gasteiger partial charge on any atom is 0.0802 e. The van der Waals surface area contributed by atoms with Gasteiger partial charge in [0.25, 0.3) is 0 Å². The van der Waals surface area contributed by atoms with Crippen molar-refractivity contribution in [3.05, 3.63) is 79.3 Å². The normalized spacial score (nSPS) is 12.0. The molecule has 0 fully saturated rings. The average Bonchev–Trinajstić information content (AvgIpc) is 3.08. The van der Waals surface area contributed by atoms with Crippen molar-refractivity contribution in [2.75, 3.05) is 0 Å². The third-order valence-electron chi connectivity index (χ3n) is 5.46. The van der Waals surface area contributed by atoms with E-state index in [0.29, 0.717) is 0 Å². The first-order valence-corrected chi connectivity index (χ1v) is 8.87. The van der Waals surface area contributed by atoms with Crippen molar-refractivity contribution >= 4 is 54.0 Å². The lowest BCUT2D eigenvalue weighted by Gasteiger charge is -2.11. The molecule has 0 saturated carbocycles. The highest BCUT2D eigenvalue weighted by Crippen LogP contribution is 2.39. The van der Waals surface area contributed by atoms with Gasteiger partial charge in [-0.05, 0) is 50.5 Å². The van der Waals surface area contributed by atoms with Crippen LogP contribution in [0.25, 0.3) is 54.0 Å². The molecule has 0 aliphatic carbocycles. The molecule has 2 heterocycles. The zero-order valence-corrected chi connectivity index (χ0v) is 14.4. The van der Waals surface area contributed by atoms with Gasteiger partial charge in [0.1, 0.15) is 0 Å². The van der Waals surface area contributed by atoms with Crippen LogP contribution in [0.15, 0.2) is 79.3 Å². The van der Waals surface area contributed by atoms with Gasteiger partial charge in [0, 0.05) is 41.8 Å². The quantitative estimate of drug-likeness (QED) is 0.240. The van der Waals surface area contributed by atoms with E-state index >= 15 is 0 Å². The van der Waals surface area contributed by atoms with Crippen LogP contribution in [-0.4, -0.2) is 9.55 Å². The summed E-state index contributed by atoms with van der Waals surface area (Å²) in [5, 5.41) is 11.4. The van der Waals surface area contributed by atoms with Gasteiger partial charge < -0.3 is 4.57 Å². The van der Waals surface area contributed by atoms with Crippen LogP contribution in [-0.2, 0) is 7.05 Å². The second kappa shape index (κ2) is 4.83. The minimum absolute atomic E-state index is 1.08. The van der Waals surface area contributed by atoms with Crippen LogP contribution in [0.5, 0.6) is 0 Å². The predicted octanol–water partition coefficient (Wildman–Crippen LogP) is 6.19. The molecule has 0 spiro atoms. The largest absolute Gasteiger partial charge is 0.356 e. The van der Waals surface area contributed by atoms with Crippen molar-refractivity contribution in [2.45, 2.75) is 0 Å². The van der Waals surface area contributed by atoms with Gasteiger partial charge >= 0.3 is 0 Å². The lowest BCUT2D eigenvalue weighted by molar-refractivity contribution is 0.934. The summed E-state index contributed by atoms with van der Waals surface area (Å²) in [4.78, 5) is 4.73. The van der Waals surface area contributed by atoms with Gasteiger partial charge in [-0.25, -0.2) is 0 Å². The maximum atomic E-state index is 4.73. The fourth-order valence-corrected chi connectivity index (χ4v) is 4.34. The Bertz CT molecular complexity index is 1490. The number of aryl methyl sites for hydroxylation is 1. The molecular formula is C24H16N2. The van der Waals surface area contributed by atoms with Crippen molar-refractivity contribution in [1.29, 1.82) is 0 Å². The van der Waals surface area contributed by atoms with Gasteiger partial charge in [-0.15, -0.1) is 0 Å². The molecule has 2 heteroatoms. The average molecular weight is 332 g/mol. The first-order chi connectivity index (χ1) is 12.8. The van der Waals surface area contributed by atoms with Gasteiger partial charge in [-0.3, -0.25) is 4.98 Å². The third-order valence-corrected chi connectivity index (χ3v) is 5.46. The lowest BCUT2D eigenvalue weighted by Crippen LogP contribution is -1.85. The van der Waals surface area contributed by atoms with Gasteiger partial charge in [0.15, 0.2) is 0 Å². The molecule has 0 N–H and O–H groups in total. The molecule has 0 unspecified atom stereocenters. The molecule has 0 saturated heterocycles. The Morgan fingerprint density at radius 2 is 1.46 bits per heavy atom. The summed E-state index contributed by atoms with van der Waals surface area (Å²) in [6.45, 7) is 0. The van der Waals surface area contributed by atoms with Gasteiger partial charge in [-0.1, -0.05) is 42.5 Å². The molecule has 4 aromatic carbocycles. The molecule has 2 nitrogen and oxygen atoms in total. The smallest absolute Gasteiger partial charge is 0.0802 e. The number of nitrogens with zero attached hydrogens (tertiary/aromatic N) is 2. The second-order valence-corrected chi connectivity index (χ2v) is 7.06. The van der Waals surface area contributed by atoms with Crippen molar-refractivity contribution in [2.24, 2.45) is 7.05 Å². The van der Waals surface area contributed by atoms with Crippen LogP contribution in [0, 0.1) is 0 Å². The molecule has 0 amide bonds. The Morgan fingerprint density at radius 3 is 2.35 bits per heavy atom. The molecule has 0 bridgehead atoms. The van der Waals surface area contributed by atoms with E-state index in [2.05, 4.69) is 78.6 Å². The Labute approximate surface area is 150 Å². The summed E-state index contributed by atoms with van der Waals surface area (Å²) in [6, 6.07) is 21.9. The van der Waals surface area contributed by atoms with E-state index in [-0.39, 0.29) is 0 Å². The molecule has 0 aliphatic rings. The van der Waals surface area contributed by atoms with Crippen LogP contribution < -0.4 is 0 Å². The SMILES string of the molecule is Cn1cc2c(c1)c1ncccc1c1c3cc4ccccc4cc3ccc21. The van der Waals surface area contributed by atoms with E-state index in [0.717, 1.165) is 5.52 Å². The molecular weight excluding hydrogens is 316 g/mol. The standard InChI is InChI=1S/C24H16N2/c1-26-13-21-18-9-8-17-11-15-5-2-3-6-16(15)12-20(17)23(18)19-7-4-10-25-24(19)22(21)14-26/h2-14H,1H3. The molecule has 6 rings (SSSR count). The summed E-state index contributed by atoms with van der Waals surface area (Å²) in [5.41, 5.74) is 1.08. The monoisotopic (exact) mass is 332 g/mol. The lowest BCUT2D eigenvalue weighted by atomic mass is 9.93. The van der Waals surface area contributed by atoms with Gasteiger partial charge in [0.05, 0.1) is 5.52 Å². The number of rotatable bonds is 0. The number of fused-ring (bicyclic) bond motifs is 9. The molecule has 2 aromatic heterocycles. The topological polar surface area (TPSA) is 17.8 Å². The Hall–Kier alpha value is -3.39. The minimum Gasteiger partial charge on any atom is -0.356 e. The van der Waals surface area contributed by atoms with E-state index in [1.807, 2.05) is 12.3 Å². The van der Waals surface area contributed by atoms with Gasteiger partial charge in [0.2, 0.25) is 0 Å². The van der Waals surface area contributed by atoms with Crippen LogP contribution in [0.2, 0.25) is 0 Å². The van der Waals surface area contributed by atoms with E-state index in [4.69, 9.17) is 4.98 Å². The van der Waals surface area contributed by atoms with E-state index in [1.165, 1.54) is 48.5 Å². The highest BCUT2D eigenvalue weighted by atomic mass is 14.9. The summed E-state index contributed by atoms with van der Waals surface area (Å²) in [6.07, 6.45) is 6.27. The number of hydrogen-bond acceptors (Lipinski definition) is 1. The molecule has 0 atom stereocenters. The Kier molecular flexibility index (Phi) is 2.57. The summed E-state index contributed by atoms with van der Waals surface area (Å²) in [7, 11) is 2.08. The zero-order chi connectivity index (χ0) is 17.3. The van der Waals surface area contributed by atoms with Crippen molar-refractivity contribution in [3.8, 4) is 0 Å². The Balaban J connectivity index is 1.97. The molecule has 0 radical (unpaired) electrons.